The highest BCUT2D eigenvalue weighted by molar-refractivity contribution is 5.95. The SMILES string of the molecule is CCOc1ccc(CCNC(=O)c2ccc(N3CCN(C)CC3)c([N+](=O)[O-])c2)cc1OCC. The molecular weight excluding hydrogens is 424 g/mol. The summed E-state index contributed by atoms with van der Waals surface area (Å²) in [5.74, 6) is 1.04. The van der Waals surface area contributed by atoms with E-state index >= 15 is 0 Å². The molecule has 0 spiro atoms. The van der Waals surface area contributed by atoms with Crippen LogP contribution in [0.5, 0.6) is 11.5 Å². The number of piperazine rings is 1. The zero-order chi connectivity index (χ0) is 23.8. The van der Waals surface area contributed by atoms with Crippen LogP contribution >= 0.6 is 0 Å². The number of nitrogens with zero attached hydrogens (tertiary/aromatic N) is 3. The molecule has 33 heavy (non-hydrogen) atoms. The number of rotatable bonds is 10. The topological polar surface area (TPSA) is 97.2 Å². The summed E-state index contributed by atoms with van der Waals surface area (Å²) in [5.41, 5.74) is 1.79. The molecule has 0 saturated carbocycles. The van der Waals surface area contributed by atoms with Gasteiger partial charge in [-0.1, -0.05) is 6.07 Å². The van der Waals surface area contributed by atoms with E-state index in [1.807, 2.05) is 44.0 Å². The van der Waals surface area contributed by atoms with Gasteiger partial charge in [-0.25, -0.2) is 0 Å². The highest BCUT2D eigenvalue weighted by Crippen LogP contribution is 2.30. The van der Waals surface area contributed by atoms with Crippen molar-refractivity contribution in [1.82, 2.24) is 10.2 Å². The molecule has 1 heterocycles. The third kappa shape index (κ3) is 6.35. The molecule has 2 aromatic rings. The Labute approximate surface area is 194 Å². The molecule has 0 radical (unpaired) electrons. The third-order valence-electron chi connectivity index (χ3n) is 5.59. The standard InChI is InChI=1S/C24H32N4O5/c1-4-32-22-9-6-18(16-23(22)33-5-2)10-11-25-24(29)19-7-8-20(21(17-19)28(30)31)27-14-12-26(3)13-15-27/h6-9,16-17H,4-5,10-15H2,1-3H3,(H,25,29). The van der Waals surface area contributed by atoms with E-state index in [0.717, 1.165) is 18.7 Å². The van der Waals surface area contributed by atoms with E-state index in [9.17, 15) is 14.9 Å². The molecule has 0 bridgehead atoms. The molecule has 0 unspecified atom stereocenters. The van der Waals surface area contributed by atoms with Gasteiger partial charge >= 0.3 is 0 Å². The number of nitrogens with one attached hydrogen (secondary N) is 1. The van der Waals surface area contributed by atoms with Crippen molar-refractivity contribution in [2.45, 2.75) is 20.3 Å². The van der Waals surface area contributed by atoms with Crippen molar-refractivity contribution in [3.8, 4) is 11.5 Å². The molecule has 0 aliphatic carbocycles. The molecule has 9 heteroatoms. The summed E-state index contributed by atoms with van der Waals surface area (Å²) < 4.78 is 11.2. The normalized spacial score (nSPS) is 14.1. The number of carbonyl (C=O) groups is 1. The van der Waals surface area contributed by atoms with Crippen LogP contribution in [0.2, 0.25) is 0 Å². The smallest absolute Gasteiger partial charge is 0.293 e. The highest BCUT2D eigenvalue weighted by atomic mass is 16.6. The van der Waals surface area contributed by atoms with Gasteiger partial charge in [-0.2, -0.15) is 0 Å². The molecule has 2 aromatic carbocycles. The van der Waals surface area contributed by atoms with Gasteiger partial charge in [0.1, 0.15) is 5.69 Å². The number of nitro benzene ring substituents is 1. The predicted octanol–water partition coefficient (Wildman–Crippen LogP) is 3.12. The zero-order valence-corrected chi connectivity index (χ0v) is 19.5. The molecule has 0 atom stereocenters. The first-order valence-electron chi connectivity index (χ1n) is 11.3. The van der Waals surface area contributed by atoms with Crippen molar-refractivity contribution in [3.05, 3.63) is 57.6 Å². The fraction of sp³-hybridized carbons (Fsp3) is 0.458. The number of benzene rings is 2. The second kappa shape index (κ2) is 11.5. The van der Waals surface area contributed by atoms with Gasteiger partial charge in [0.2, 0.25) is 0 Å². The van der Waals surface area contributed by atoms with Crippen LogP contribution < -0.4 is 19.7 Å². The van der Waals surface area contributed by atoms with E-state index in [4.69, 9.17) is 9.47 Å². The van der Waals surface area contributed by atoms with E-state index in [1.165, 1.54) is 6.07 Å². The van der Waals surface area contributed by atoms with Crippen molar-refractivity contribution in [2.75, 3.05) is 57.9 Å². The lowest BCUT2D eigenvalue weighted by Gasteiger charge is -2.33. The van der Waals surface area contributed by atoms with Crippen molar-refractivity contribution < 1.29 is 19.2 Å². The Morgan fingerprint density at radius 1 is 1.03 bits per heavy atom. The largest absolute Gasteiger partial charge is 0.490 e. The van der Waals surface area contributed by atoms with E-state index in [2.05, 4.69) is 10.2 Å². The summed E-state index contributed by atoms with van der Waals surface area (Å²) >= 11 is 0. The molecule has 0 aromatic heterocycles. The lowest BCUT2D eigenvalue weighted by atomic mass is 10.1. The van der Waals surface area contributed by atoms with Crippen LogP contribution in [0.3, 0.4) is 0 Å². The first-order chi connectivity index (χ1) is 15.9. The van der Waals surface area contributed by atoms with Gasteiger partial charge in [0.25, 0.3) is 11.6 Å². The third-order valence-corrected chi connectivity index (χ3v) is 5.59. The number of carbonyl (C=O) groups excluding carboxylic acids is 1. The maximum absolute atomic E-state index is 12.7. The molecule has 1 saturated heterocycles. The summed E-state index contributed by atoms with van der Waals surface area (Å²) in [4.78, 5) is 28.1. The summed E-state index contributed by atoms with van der Waals surface area (Å²) in [5, 5.41) is 14.5. The minimum atomic E-state index is -0.417. The van der Waals surface area contributed by atoms with Gasteiger partial charge in [0.15, 0.2) is 11.5 Å². The molecule has 1 fully saturated rings. The van der Waals surface area contributed by atoms with Crippen LogP contribution in [-0.2, 0) is 6.42 Å². The Kier molecular flexibility index (Phi) is 8.48. The number of likely N-dealkylation sites (N-methyl/N-ethyl adjacent to an activating group) is 1. The van der Waals surface area contributed by atoms with Crippen LogP contribution in [0.1, 0.15) is 29.8 Å². The van der Waals surface area contributed by atoms with Crippen LogP contribution in [0.4, 0.5) is 11.4 Å². The van der Waals surface area contributed by atoms with Gasteiger partial charge in [0.05, 0.1) is 18.1 Å². The number of hydrogen-bond acceptors (Lipinski definition) is 7. The molecule has 3 rings (SSSR count). The van der Waals surface area contributed by atoms with Crippen LogP contribution in [-0.4, -0.2) is 68.7 Å². The number of amides is 1. The maximum atomic E-state index is 12.7. The zero-order valence-electron chi connectivity index (χ0n) is 19.5. The molecular formula is C24H32N4O5. The quantitative estimate of drug-likeness (QED) is 0.433. The van der Waals surface area contributed by atoms with Crippen molar-refractivity contribution >= 4 is 17.3 Å². The van der Waals surface area contributed by atoms with Gasteiger partial charge in [-0.3, -0.25) is 14.9 Å². The van der Waals surface area contributed by atoms with Gasteiger partial charge in [-0.05, 0) is 57.1 Å². The summed E-state index contributed by atoms with van der Waals surface area (Å²) in [7, 11) is 2.03. The Bertz CT molecular complexity index is 973. The van der Waals surface area contributed by atoms with E-state index < -0.39 is 4.92 Å². The predicted molar refractivity (Wildman–Crippen MR) is 128 cm³/mol. The number of ether oxygens (including phenoxy) is 2. The molecule has 1 amide bonds. The average molecular weight is 457 g/mol. The minimum absolute atomic E-state index is 0.0416. The highest BCUT2D eigenvalue weighted by Gasteiger charge is 2.24. The fourth-order valence-corrected chi connectivity index (χ4v) is 3.80. The molecule has 1 aliphatic heterocycles. The number of anilines is 1. The Balaban J connectivity index is 1.64. The average Bonchev–Trinajstić information content (AvgIpc) is 2.81. The van der Waals surface area contributed by atoms with Gasteiger partial charge < -0.3 is 24.6 Å². The first-order valence-corrected chi connectivity index (χ1v) is 11.3. The van der Waals surface area contributed by atoms with Crippen LogP contribution in [0.25, 0.3) is 0 Å². The van der Waals surface area contributed by atoms with E-state index in [-0.39, 0.29) is 17.2 Å². The van der Waals surface area contributed by atoms with E-state index in [1.54, 1.807) is 12.1 Å². The van der Waals surface area contributed by atoms with Crippen molar-refractivity contribution in [1.29, 1.82) is 0 Å². The fourth-order valence-electron chi connectivity index (χ4n) is 3.80. The second-order valence-electron chi connectivity index (χ2n) is 7.90. The molecule has 9 nitrogen and oxygen atoms in total. The number of nitro groups is 1. The summed E-state index contributed by atoms with van der Waals surface area (Å²) in [6.45, 7) is 8.43. The van der Waals surface area contributed by atoms with Crippen LogP contribution in [0, 0.1) is 10.1 Å². The van der Waals surface area contributed by atoms with Crippen molar-refractivity contribution in [2.24, 2.45) is 0 Å². The van der Waals surface area contributed by atoms with Crippen molar-refractivity contribution in [3.63, 3.8) is 0 Å². The van der Waals surface area contributed by atoms with E-state index in [0.29, 0.717) is 56.5 Å². The molecule has 1 N–H and O–H groups in total. The second-order valence-corrected chi connectivity index (χ2v) is 7.90. The Morgan fingerprint density at radius 3 is 2.39 bits per heavy atom. The Hall–Kier alpha value is -3.33. The maximum Gasteiger partial charge on any atom is 0.293 e. The summed E-state index contributed by atoms with van der Waals surface area (Å²) in [6.07, 6.45) is 0.597. The van der Waals surface area contributed by atoms with Gasteiger partial charge in [0, 0.05) is 44.4 Å². The number of hydrogen-bond donors (Lipinski definition) is 1. The molecule has 1 aliphatic rings. The lowest BCUT2D eigenvalue weighted by molar-refractivity contribution is -0.384. The van der Waals surface area contributed by atoms with Crippen LogP contribution in [0.15, 0.2) is 36.4 Å². The van der Waals surface area contributed by atoms with Gasteiger partial charge in [-0.15, -0.1) is 0 Å². The molecule has 178 valence electrons. The lowest BCUT2D eigenvalue weighted by Crippen LogP contribution is -2.44. The summed E-state index contributed by atoms with van der Waals surface area (Å²) in [6, 6.07) is 10.4. The first kappa shape index (κ1) is 24.3. The monoisotopic (exact) mass is 456 g/mol. The Morgan fingerprint density at radius 2 is 1.73 bits per heavy atom. The minimum Gasteiger partial charge on any atom is -0.490 e.